The highest BCUT2D eigenvalue weighted by Crippen LogP contribution is 2.34. The van der Waals surface area contributed by atoms with Gasteiger partial charge in [-0.1, -0.05) is 77.8 Å². The largest absolute Gasteiger partial charge is 0.481 e. The molecule has 1 saturated heterocycles. The van der Waals surface area contributed by atoms with E-state index >= 15 is 0 Å². The van der Waals surface area contributed by atoms with Crippen LogP contribution in [0.3, 0.4) is 0 Å². The molecule has 200 valence electrons. The molecular formula is C30H27Cl2N3O4. The predicted molar refractivity (Wildman–Crippen MR) is 151 cm³/mol. The van der Waals surface area contributed by atoms with Gasteiger partial charge in [0.1, 0.15) is 0 Å². The number of benzene rings is 3. The summed E-state index contributed by atoms with van der Waals surface area (Å²) in [4.78, 5) is 27.5. The Labute approximate surface area is 236 Å². The summed E-state index contributed by atoms with van der Waals surface area (Å²) in [5.74, 6) is -1.38. The third-order valence-corrected chi connectivity index (χ3v) is 7.34. The van der Waals surface area contributed by atoms with E-state index in [1.54, 1.807) is 52.0 Å². The van der Waals surface area contributed by atoms with Crippen molar-refractivity contribution in [1.29, 1.82) is 0 Å². The van der Waals surface area contributed by atoms with Crippen molar-refractivity contribution in [3.05, 3.63) is 106 Å². The standard InChI is InChI=1S/C30H27Cl2N3O4/c31-22-12-10-21(11-13-22)29-24(18-27(36)37)28(33-35(29)26-9-5-4-8-25(26)32)30(38)34-16-14-23(15-17-34)39-19-20-6-2-1-3-7-20/h1-13,23H,14-19H2,(H,36,37). The van der Waals surface area contributed by atoms with Crippen molar-refractivity contribution in [2.75, 3.05) is 13.1 Å². The normalized spacial score (nSPS) is 13.9. The highest BCUT2D eigenvalue weighted by molar-refractivity contribution is 6.32. The summed E-state index contributed by atoms with van der Waals surface area (Å²) in [6.45, 7) is 1.50. The number of carbonyl (C=O) groups is 2. The fourth-order valence-electron chi connectivity index (χ4n) is 4.81. The molecule has 1 amide bonds. The molecule has 4 aromatic rings. The van der Waals surface area contributed by atoms with Crippen LogP contribution in [0.5, 0.6) is 0 Å². The minimum atomic E-state index is -1.06. The van der Waals surface area contributed by atoms with Gasteiger partial charge in [-0.05, 0) is 42.7 Å². The van der Waals surface area contributed by atoms with E-state index in [4.69, 9.17) is 27.9 Å². The number of carbonyl (C=O) groups excluding carboxylic acids is 1. The Morgan fingerprint density at radius 2 is 1.59 bits per heavy atom. The SMILES string of the molecule is O=C(O)Cc1c(C(=O)N2CCC(OCc3ccccc3)CC2)nn(-c2ccccc2Cl)c1-c1ccc(Cl)cc1. The van der Waals surface area contributed by atoms with Gasteiger partial charge in [-0.2, -0.15) is 5.10 Å². The number of ether oxygens (including phenoxy) is 1. The molecule has 1 aliphatic rings. The highest BCUT2D eigenvalue weighted by atomic mass is 35.5. The zero-order chi connectivity index (χ0) is 27.4. The molecule has 5 rings (SSSR count). The second-order valence-corrected chi connectivity index (χ2v) is 10.2. The summed E-state index contributed by atoms with van der Waals surface area (Å²) in [6, 6.07) is 24.1. The molecule has 7 nitrogen and oxygen atoms in total. The van der Waals surface area contributed by atoms with Crippen molar-refractivity contribution in [1.82, 2.24) is 14.7 Å². The van der Waals surface area contributed by atoms with Crippen LogP contribution >= 0.6 is 23.2 Å². The number of hydrogen-bond acceptors (Lipinski definition) is 4. The molecule has 0 spiro atoms. The minimum Gasteiger partial charge on any atom is -0.481 e. The van der Waals surface area contributed by atoms with Crippen LogP contribution in [0.4, 0.5) is 0 Å². The minimum absolute atomic E-state index is 0.0399. The van der Waals surface area contributed by atoms with E-state index in [1.165, 1.54) is 0 Å². The monoisotopic (exact) mass is 563 g/mol. The van der Waals surface area contributed by atoms with E-state index < -0.39 is 5.97 Å². The number of nitrogens with zero attached hydrogens (tertiary/aromatic N) is 3. The van der Waals surface area contributed by atoms with E-state index in [-0.39, 0.29) is 24.1 Å². The van der Waals surface area contributed by atoms with Gasteiger partial charge < -0.3 is 14.7 Å². The lowest BCUT2D eigenvalue weighted by molar-refractivity contribution is -0.136. The van der Waals surface area contributed by atoms with Crippen LogP contribution < -0.4 is 0 Å². The number of aliphatic carboxylic acids is 1. The Kier molecular flexibility index (Phi) is 8.31. The zero-order valence-electron chi connectivity index (χ0n) is 21.1. The molecule has 1 aliphatic heterocycles. The number of carboxylic acid groups (broad SMARTS) is 1. The van der Waals surface area contributed by atoms with Crippen molar-refractivity contribution >= 4 is 35.1 Å². The van der Waals surface area contributed by atoms with Gasteiger partial charge in [0.15, 0.2) is 5.69 Å². The Morgan fingerprint density at radius 3 is 2.26 bits per heavy atom. The van der Waals surface area contributed by atoms with E-state index in [1.807, 2.05) is 36.4 Å². The first-order valence-corrected chi connectivity index (χ1v) is 13.5. The molecule has 9 heteroatoms. The number of hydrogen-bond donors (Lipinski definition) is 1. The number of aromatic nitrogens is 2. The Balaban J connectivity index is 1.45. The van der Waals surface area contributed by atoms with Crippen molar-refractivity contribution in [2.45, 2.75) is 32.0 Å². The lowest BCUT2D eigenvalue weighted by Crippen LogP contribution is -2.41. The van der Waals surface area contributed by atoms with Crippen molar-refractivity contribution < 1.29 is 19.4 Å². The first-order valence-electron chi connectivity index (χ1n) is 12.7. The van der Waals surface area contributed by atoms with Crippen LogP contribution in [-0.2, 0) is 22.6 Å². The zero-order valence-corrected chi connectivity index (χ0v) is 22.6. The second-order valence-electron chi connectivity index (χ2n) is 9.40. The van der Waals surface area contributed by atoms with Gasteiger partial charge in [-0.15, -0.1) is 0 Å². The number of carboxylic acids is 1. The van der Waals surface area contributed by atoms with E-state index in [2.05, 4.69) is 5.10 Å². The van der Waals surface area contributed by atoms with Crippen molar-refractivity contribution in [2.24, 2.45) is 0 Å². The quantitative estimate of drug-likeness (QED) is 0.272. The van der Waals surface area contributed by atoms with Gasteiger partial charge in [0.2, 0.25) is 0 Å². The van der Waals surface area contributed by atoms with Gasteiger partial charge in [0.25, 0.3) is 5.91 Å². The number of halogens is 2. The van der Waals surface area contributed by atoms with E-state index in [0.717, 1.165) is 5.56 Å². The van der Waals surface area contributed by atoms with Gasteiger partial charge in [-0.25, -0.2) is 4.68 Å². The van der Waals surface area contributed by atoms with Crippen LogP contribution in [0.25, 0.3) is 16.9 Å². The van der Waals surface area contributed by atoms with Gasteiger partial charge in [0, 0.05) is 29.2 Å². The predicted octanol–water partition coefficient (Wildman–Crippen LogP) is 6.29. The maximum atomic E-state index is 13.8. The fourth-order valence-corrected chi connectivity index (χ4v) is 5.15. The number of amides is 1. The maximum Gasteiger partial charge on any atom is 0.307 e. The molecule has 2 heterocycles. The van der Waals surface area contributed by atoms with Crippen molar-refractivity contribution in [3.63, 3.8) is 0 Å². The average Bonchev–Trinajstić information content (AvgIpc) is 3.31. The summed E-state index contributed by atoms with van der Waals surface area (Å²) in [6.07, 6.45) is 1.03. The van der Waals surface area contributed by atoms with Crippen LogP contribution in [0, 0.1) is 0 Å². The molecular weight excluding hydrogens is 537 g/mol. The van der Waals surface area contributed by atoms with Crippen LogP contribution in [0.15, 0.2) is 78.9 Å². The molecule has 0 aliphatic carbocycles. The molecule has 3 aromatic carbocycles. The maximum absolute atomic E-state index is 13.8. The first kappa shape index (κ1) is 26.9. The summed E-state index contributed by atoms with van der Waals surface area (Å²) >= 11 is 12.6. The average molecular weight is 564 g/mol. The molecule has 1 fully saturated rings. The Bertz CT molecular complexity index is 1460. The second kappa shape index (κ2) is 12.0. The molecule has 0 radical (unpaired) electrons. The summed E-state index contributed by atoms with van der Waals surface area (Å²) in [5.41, 5.74) is 3.25. The number of para-hydroxylation sites is 1. The van der Waals surface area contributed by atoms with E-state index in [0.29, 0.717) is 65.1 Å². The molecule has 1 N–H and O–H groups in total. The van der Waals surface area contributed by atoms with Gasteiger partial charge in [0.05, 0.1) is 35.5 Å². The smallest absolute Gasteiger partial charge is 0.307 e. The molecule has 1 aromatic heterocycles. The van der Waals surface area contributed by atoms with Crippen LogP contribution in [-0.4, -0.2) is 50.9 Å². The summed E-state index contributed by atoms with van der Waals surface area (Å²) in [5, 5.41) is 15.4. The molecule has 0 saturated carbocycles. The topological polar surface area (TPSA) is 84.7 Å². The fraction of sp³-hybridized carbons (Fsp3) is 0.233. The summed E-state index contributed by atoms with van der Waals surface area (Å²) in [7, 11) is 0. The van der Waals surface area contributed by atoms with Gasteiger partial charge >= 0.3 is 5.97 Å². The third-order valence-electron chi connectivity index (χ3n) is 6.77. The first-order chi connectivity index (χ1) is 18.9. The lowest BCUT2D eigenvalue weighted by atomic mass is 10.0. The third kappa shape index (κ3) is 6.17. The number of likely N-dealkylation sites (tertiary alicyclic amines) is 1. The lowest BCUT2D eigenvalue weighted by Gasteiger charge is -2.31. The number of piperidine rings is 1. The Morgan fingerprint density at radius 1 is 0.923 bits per heavy atom. The molecule has 0 atom stereocenters. The molecule has 0 unspecified atom stereocenters. The molecule has 39 heavy (non-hydrogen) atoms. The molecule has 0 bridgehead atoms. The highest BCUT2D eigenvalue weighted by Gasteiger charge is 2.31. The number of rotatable bonds is 8. The summed E-state index contributed by atoms with van der Waals surface area (Å²) < 4.78 is 7.64. The van der Waals surface area contributed by atoms with Crippen LogP contribution in [0.1, 0.15) is 34.5 Å². The van der Waals surface area contributed by atoms with Crippen LogP contribution in [0.2, 0.25) is 10.0 Å². The Hall–Kier alpha value is -3.65. The van der Waals surface area contributed by atoms with Gasteiger partial charge in [-0.3, -0.25) is 9.59 Å². The van der Waals surface area contributed by atoms with E-state index in [9.17, 15) is 14.7 Å². The van der Waals surface area contributed by atoms with Crippen molar-refractivity contribution in [3.8, 4) is 16.9 Å².